The Morgan fingerprint density at radius 1 is 1.11 bits per heavy atom. The SMILES string of the molecule is CNC(c1cccc(F)c1F)C1CC(C)CC(C)C1. The third-order valence-electron chi connectivity index (χ3n) is 4.31. The van der Waals surface area contributed by atoms with E-state index in [1.807, 2.05) is 7.05 Å². The highest BCUT2D eigenvalue weighted by atomic mass is 19.2. The molecule has 1 N–H and O–H groups in total. The summed E-state index contributed by atoms with van der Waals surface area (Å²) in [5.74, 6) is 0.227. The fraction of sp³-hybridized carbons (Fsp3) is 0.625. The van der Waals surface area contributed by atoms with E-state index >= 15 is 0 Å². The number of hydrogen-bond donors (Lipinski definition) is 1. The summed E-state index contributed by atoms with van der Waals surface area (Å²) in [7, 11) is 1.83. The highest BCUT2D eigenvalue weighted by Crippen LogP contribution is 2.40. The molecule has 0 aliphatic heterocycles. The maximum absolute atomic E-state index is 14.0. The molecular weight excluding hydrogens is 244 g/mol. The maximum Gasteiger partial charge on any atom is 0.163 e. The van der Waals surface area contributed by atoms with E-state index in [9.17, 15) is 8.78 Å². The van der Waals surface area contributed by atoms with E-state index in [1.54, 1.807) is 12.1 Å². The third-order valence-corrected chi connectivity index (χ3v) is 4.31. The average Bonchev–Trinajstić information content (AvgIpc) is 2.34. The van der Waals surface area contributed by atoms with Crippen molar-refractivity contribution >= 4 is 0 Å². The monoisotopic (exact) mass is 267 g/mol. The van der Waals surface area contributed by atoms with Crippen LogP contribution in [0.15, 0.2) is 18.2 Å². The first-order valence-corrected chi connectivity index (χ1v) is 7.14. The lowest BCUT2D eigenvalue weighted by Gasteiger charge is -2.36. The van der Waals surface area contributed by atoms with Gasteiger partial charge in [0.15, 0.2) is 11.6 Å². The minimum absolute atomic E-state index is 0.0964. The van der Waals surface area contributed by atoms with Crippen LogP contribution in [-0.2, 0) is 0 Å². The molecule has 0 spiro atoms. The van der Waals surface area contributed by atoms with Crippen LogP contribution in [0.2, 0.25) is 0 Å². The summed E-state index contributed by atoms with van der Waals surface area (Å²) in [5.41, 5.74) is 0.466. The van der Waals surface area contributed by atoms with Gasteiger partial charge in [0, 0.05) is 11.6 Å². The first-order valence-electron chi connectivity index (χ1n) is 7.14. The first kappa shape index (κ1) is 14.4. The van der Waals surface area contributed by atoms with Crippen LogP contribution in [0.25, 0.3) is 0 Å². The van der Waals surface area contributed by atoms with Crippen molar-refractivity contribution in [1.29, 1.82) is 0 Å². The van der Waals surface area contributed by atoms with Crippen molar-refractivity contribution in [2.45, 2.75) is 39.2 Å². The molecule has 1 fully saturated rings. The fourth-order valence-electron chi connectivity index (χ4n) is 3.69. The topological polar surface area (TPSA) is 12.0 Å². The van der Waals surface area contributed by atoms with Gasteiger partial charge in [0.1, 0.15) is 0 Å². The van der Waals surface area contributed by atoms with Gasteiger partial charge < -0.3 is 5.32 Å². The molecule has 0 saturated heterocycles. The van der Waals surface area contributed by atoms with Crippen molar-refractivity contribution in [2.24, 2.45) is 17.8 Å². The Labute approximate surface area is 114 Å². The molecule has 3 atom stereocenters. The Hall–Kier alpha value is -0.960. The summed E-state index contributed by atoms with van der Waals surface area (Å²) in [6.45, 7) is 4.49. The van der Waals surface area contributed by atoms with E-state index in [2.05, 4.69) is 19.2 Å². The Morgan fingerprint density at radius 2 is 1.74 bits per heavy atom. The van der Waals surface area contributed by atoms with Crippen LogP contribution in [0.4, 0.5) is 8.78 Å². The second-order valence-electron chi connectivity index (χ2n) is 6.09. The van der Waals surface area contributed by atoms with Crippen LogP contribution in [0.3, 0.4) is 0 Å². The summed E-state index contributed by atoms with van der Waals surface area (Å²) >= 11 is 0. The zero-order chi connectivity index (χ0) is 14.0. The largest absolute Gasteiger partial charge is 0.313 e. The number of rotatable bonds is 3. The van der Waals surface area contributed by atoms with Gasteiger partial charge in [-0.05, 0) is 50.1 Å². The highest BCUT2D eigenvalue weighted by molar-refractivity contribution is 5.23. The molecule has 1 aromatic rings. The van der Waals surface area contributed by atoms with E-state index in [4.69, 9.17) is 0 Å². The molecule has 106 valence electrons. The average molecular weight is 267 g/mol. The van der Waals surface area contributed by atoms with E-state index < -0.39 is 11.6 Å². The number of nitrogens with one attached hydrogen (secondary N) is 1. The molecule has 1 saturated carbocycles. The molecule has 19 heavy (non-hydrogen) atoms. The normalized spacial score (nSPS) is 29.2. The molecular formula is C16H23F2N. The first-order chi connectivity index (χ1) is 9.02. The van der Waals surface area contributed by atoms with Crippen LogP contribution in [-0.4, -0.2) is 7.05 Å². The molecule has 0 amide bonds. The number of benzene rings is 1. The second kappa shape index (κ2) is 6.00. The molecule has 0 radical (unpaired) electrons. The molecule has 2 rings (SSSR count). The molecule has 3 unspecified atom stereocenters. The van der Waals surface area contributed by atoms with Gasteiger partial charge in [-0.3, -0.25) is 0 Å². The molecule has 3 heteroatoms. The summed E-state index contributed by atoms with van der Waals surface area (Å²) < 4.78 is 27.4. The molecule has 0 heterocycles. The quantitative estimate of drug-likeness (QED) is 0.861. The van der Waals surface area contributed by atoms with Crippen molar-refractivity contribution in [3.05, 3.63) is 35.4 Å². The number of halogens is 2. The van der Waals surface area contributed by atoms with Gasteiger partial charge in [0.2, 0.25) is 0 Å². The van der Waals surface area contributed by atoms with E-state index in [0.29, 0.717) is 23.3 Å². The minimum Gasteiger partial charge on any atom is -0.313 e. The Morgan fingerprint density at radius 3 is 2.32 bits per heavy atom. The lowest BCUT2D eigenvalue weighted by atomic mass is 9.72. The Bertz CT molecular complexity index is 423. The predicted octanol–water partition coefficient (Wildman–Crippen LogP) is 4.30. The summed E-state index contributed by atoms with van der Waals surface area (Å²) in [5, 5.41) is 3.19. The second-order valence-corrected chi connectivity index (χ2v) is 6.09. The number of hydrogen-bond acceptors (Lipinski definition) is 1. The summed E-state index contributed by atoms with van der Waals surface area (Å²) in [4.78, 5) is 0. The smallest absolute Gasteiger partial charge is 0.163 e. The van der Waals surface area contributed by atoms with Crippen molar-refractivity contribution in [2.75, 3.05) is 7.05 Å². The van der Waals surface area contributed by atoms with E-state index in [0.717, 1.165) is 12.8 Å². The van der Waals surface area contributed by atoms with Crippen molar-refractivity contribution in [3.8, 4) is 0 Å². The third kappa shape index (κ3) is 3.14. The molecule has 0 aromatic heterocycles. The lowest BCUT2D eigenvalue weighted by molar-refractivity contribution is 0.178. The summed E-state index contributed by atoms with van der Waals surface area (Å²) in [6.07, 6.45) is 3.39. The highest BCUT2D eigenvalue weighted by Gasteiger charge is 2.31. The van der Waals surface area contributed by atoms with Gasteiger partial charge in [-0.15, -0.1) is 0 Å². The van der Waals surface area contributed by atoms with Crippen LogP contribution < -0.4 is 5.32 Å². The lowest BCUT2D eigenvalue weighted by Crippen LogP contribution is -2.32. The van der Waals surface area contributed by atoms with Gasteiger partial charge in [0.05, 0.1) is 0 Å². The molecule has 0 bridgehead atoms. The van der Waals surface area contributed by atoms with Crippen molar-refractivity contribution in [1.82, 2.24) is 5.32 Å². The molecule has 1 aromatic carbocycles. The minimum atomic E-state index is -0.755. The van der Waals surface area contributed by atoms with E-state index in [1.165, 1.54) is 12.5 Å². The van der Waals surface area contributed by atoms with Crippen LogP contribution in [0, 0.1) is 29.4 Å². The van der Waals surface area contributed by atoms with E-state index in [-0.39, 0.29) is 6.04 Å². The van der Waals surface area contributed by atoms with Crippen LogP contribution in [0.5, 0.6) is 0 Å². The summed E-state index contributed by atoms with van der Waals surface area (Å²) in [6, 6.07) is 4.37. The Kier molecular flexibility index (Phi) is 4.56. The van der Waals surface area contributed by atoms with Gasteiger partial charge in [-0.25, -0.2) is 8.78 Å². The van der Waals surface area contributed by atoms with Crippen LogP contribution >= 0.6 is 0 Å². The zero-order valence-electron chi connectivity index (χ0n) is 11.9. The molecule has 1 aliphatic carbocycles. The van der Waals surface area contributed by atoms with Gasteiger partial charge in [0.25, 0.3) is 0 Å². The van der Waals surface area contributed by atoms with Gasteiger partial charge in [-0.1, -0.05) is 26.0 Å². The Balaban J connectivity index is 2.26. The maximum atomic E-state index is 14.0. The molecule has 1 aliphatic rings. The fourth-order valence-corrected chi connectivity index (χ4v) is 3.69. The standard InChI is InChI=1S/C16H23F2N/c1-10-7-11(2)9-12(8-10)16(19-3)13-5-4-6-14(17)15(13)18/h4-6,10-12,16,19H,7-9H2,1-3H3. The van der Waals surface area contributed by atoms with Crippen molar-refractivity contribution < 1.29 is 8.78 Å². The molecule has 1 nitrogen and oxygen atoms in total. The predicted molar refractivity (Wildman–Crippen MR) is 73.8 cm³/mol. The van der Waals surface area contributed by atoms with Crippen molar-refractivity contribution in [3.63, 3.8) is 0 Å². The van der Waals surface area contributed by atoms with Gasteiger partial charge in [-0.2, -0.15) is 0 Å². The van der Waals surface area contributed by atoms with Gasteiger partial charge >= 0.3 is 0 Å². The zero-order valence-corrected chi connectivity index (χ0v) is 11.9. The van der Waals surface area contributed by atoms with Crippen LogP contribution in [0.1, 0.15) is 44.7 Å².